The Morgan fingerprint density at radius 2 is 1.54 bits per heavy atom. The number of para-hydroxylation sites is 1. The second-order valence-corrected chi connectivity index (χ2v) is 11.2. The number of hydrogen-bond donors (Lipinski definition) is 1. The van der Waals surface area contributed by atoms with Crippen molar-refractivity contribution in [2.45, 2.75) is 24.8 Å². The fourth-order valence-corrected chi connectivity index (χ4v) is 6.01. The third-order valence-corrected chi connectivity index (χ3v) is 8.34. The van der Waals surface area contributed by atoms with Crippen molar-refractivity contribution in [2.75, 3.05) is 56.6 Å². The van der Waals surface area contributed by atoms with E-state index in [1.54, 1.807) is 6.07 Å². The minimum atomic E-state index is -3.63. The van der Waals surface area contributed by atoms with Gasteiger partial charge in [-0.2, -0.15) is 0 Å². The van der Waals surface area contributed by atoms with Gasteiger partial charge in [-0.25, -0.2) is 13.1 Å². The number of rotatable bonds is 8. The van der Waals surface area contributed by atoms with Crippen molar-refractivity contribution in [1.82, 2.24) is 9.62 Å². The lowest BCUT2D eigenvalue weighted by Gasteiger charge is -2.40. The van der Waals surface area contributed by atoms with E-state index in [4.69, 9.17) is 0 Å². The van der Waals surface area contributed by atoms with Gasteiger partial charge in [0.15, 0.2) is 0 Å². The molecule has 1 N–H and O–H groups in total. The first-order valence-electron chi connectivity index (χ1n) is 12.1. The molecule has 1 aliphatic rings. The normalized spacial score (nSPS) is 15.7. The second kappa shape index (κ2) is 10.8. The highest BCUT2D eigenvalue weighted by atomic mass is 32.2. The molecule has 0 bridgehead atoms. The van der Waals surface area contributed by atoms with E-state index in [-0.39, 0.29) is 6.04 Å². The Bertz CT molecular complexity index is 1220. The van der Waals surface area contributed by atoms with E-state index >= 15 is 0 Å². The molecule has 0 saturated carbocycles. The molecule has 35 heavy (non-hydrogen) atoms. The van der Waals surface area contributed by atoms with E-state index in [1.165, 1.54) is 5.69 Å². The first kappa shape index (κ1) is 25.2. The molecule has 1 aliphatic heterocycles. The van der Waals surface area contributed by atoms with Crippen LogP contribution in [-0.4, -0.2) is 60.1 Å². The van der Waals surface area contributed by atoms with E-state index < -0.39 is 10.0 Å². The number of hydrogen-bond acceptors (Lipinski definition) is 5. The zero-order valence-electron chi connectivity index (χ0n) is 21.1. The molecular formula is C28H36N4O2S. The summed E-state index contributed by atoms with van der Waals surface area (Å²) < 4.78 is 29.4. The van der Waals surface area contributed by atoms with Crippen LogP contribution >= 0.6 is 0 Å². The van der Waals surface area contributed by atoms with Gasteiger partial charge in [0.05, 0.1) is 4.90 Å². The van der Waals surface area contributed by atoms with E-state index in [2.05, 4.69) is 68.0 Å². The summed E-state index contributed by atoms with van der Waals surface area (Å²) in [5, 5.41) is 0. The van der Waals surface area contributed by atoms with Crippen molar-refractivity contribution < 1.29 is 8.42 Å². The van der Waals surface area contributed by atoms with E-state index in [1.807, 2.05) is 46.1 Å². The lowest BCUT2D eigenvalue weighted by atomic mass is 10.0. The molecule has 1 fully saturated rings. The van der Waals surface area contributed by atoms with Gasteiger partial charge >= 0.3 is 0 Å². The molecular weight excluding hydrogens is 456 g/mol. The van der Waals surface area contributed by atoms with Crippen molar-refractivity contribution in [2.24, 2.45) is 0 Å². The molecule has 4 rings (SSSR count). The van der Waals surface area contributed by atoms with Crippen LogP contribution in [0.25, 0.3) is 0 Å². The van der Waals surface area contributed by atoms with Crippen LogP contribution in [-0.2, 0) is 10.0 Å². The first-order chi connectivity index (χ1) is 16.7. The average Bonchev–Trinajstić information content (AvgIpc) is 2.86. The monoisotopic (exact) mass is 492 g/mol. The maximum Gasteiger partial charge on any atom is 0.240 e. The molecule has 7 heteroatoms. The first-order valence-corrected chi connectivity index (χ1v) is 13.6. The van der Waals surface area contributed by atoms with E-state index in [0.29, 0.717) is 11.4 Å². The third kappa shape index (κ3) is 6.04. The number of anilines is 2. The third-order valence-electron chi connectivity index (χ3n) is 6.77. The van der Waals surface area contributed by atoms with Crippen molar-refractivity contribution in [3.05, 3.63) is 89.5 Å². The Labute approximate surface area is 210 Å². The summed E-state index contributed by atoms with van der Waals surface area (Å²) in [6.07, 6.45) is 0. The molecule has 0 spiro atoms. The fraction of sp³-hybridized carbons (Fsp3) is 0.357. The largest absolute Gasteiger partial charge is 0.378 e. The summed E-state index contributed by atoms with van der Waals surface area (Å²) in [4.78, 5) is 7.22. The SMILES string of the molecule is Cc1ccc(C)c(S(=O)(=O)NC[C@H](c2ccc(N(C)C)cc2)N2CCN(c3ccccc3)CC2)c1. The molecule has 186 valence electrons. The summed E-state index contributed by atoms with van der Waals surface area (Å²) in [5.41, 5.74) is 5.16. The summed E-state index contributed by atoms with van der Waals surface area (Å²) in [6, 6.07) is 24.4. The van der Waals surface area contributed by atoms with Crippen molar-refractivity contribution in [3.8, 4) is 0 Å². The fourth-order valence-electron chi connectivity index (χ4n) is 4.65. The van der Waals surface area contributed by atoms with E-state index in [9.17, 15) is 8.42 Å². The lowest BCUT2D eigenvalue weighted by molar-refractivity contribution is 0.187. The Hall–Kier alpha value is -2.87. The van der Waals surface area contributed by atoms with Gasteiger partial charge in [0.25, 0.3) is 0 Å². The highest BCUT2D eigenvalue weighted by Crippen LogP contribution is 2.26. The zero-order valence-corrected chi connectivity index (χ0v) is 21.9. The van der Waals surface area contributed by atoms with E-state index in [0.717, 1.165) is 48.6 Å². The number of piperazine rings is 1. The molecule has 0 aromatic heterocycles. The van der Waals surface area contributed by atoms with Gasteiger partial charge in [0, 0.05) is 64.2 Å². The van der Waals surface area contributed by atoms with Crippen LogP contribution in [0.15, 0.2) is 77.7 Å². The van der Waals surface area contributed by atoms with Crippen LogP contribution in [0.4, 0.5) is 11.4 Å². The Morgan fingerprint density at radius 1 is 0.886 bits per heavy atom. The van der Waals surface area contributed by atoms with Gasteiger partial charge in [-0.05, 0) is 60.9 Å². The molecule has 1 heterocycles. The van der Waals surface area contributed by atoms with Crippen LogP contribution in [0.1, 0.15) is 22.7 Å². The molecule has 3 aromatic rings. The van der Waals surface area contributed by atoms with Gasteiger partial charge in [0.2, 0.25) is 10.0 Å². The number of benzene rings is 3. The average molecular weight is 493 g/mol. The molecule has 1 atom stereocenters. The van der Waals surface area contributed by atoms with Gasteiger partial charge in [0.1, 0.15) is 0 Å². The predicted molar refractivity (Wildman–Crippen MR) is 145 cm³/mol. The van der Waals surface area contributed by atoms with Crippen LogP contribution in [0, 0.1) is 13.8 Å². The van der Waals surface area contributed by atoms with Gasteiger partial charge in [-0.15, -0.1) is 0 Å². The molecule has 0 amide bonds. The Kier molecular flexibility index (Phi) is 7.79. The summed E-state index contributed by atoms with van der Waals surface area (Å²) in [5.74, 6) is 0. The van der Waals surface area contributed by atoms with Crippen molar-refractivity contribution in [1.29, 1.82) is 0 Å². The molecule has 0 aliphatic carbocycles. The molecule has 3 aromatic carbocycles. The highest BCUT2D eigenvalue weighted by Gasteiger charge is 2.27. The molecule has 0 radical (unpaired) electrons. The lowest BCUT2D eigenvalue weighted by Crippen LogP contribution is -2.50. The van der Waals surface area contributed by atoms with Gasteiger partial charge in [-0.3, -0.25) is 4.90 Å². The maximum absolute atomic E-state index is 13.3. The topological polar surface area (TPSA) is 55.9 Å². The van der Waals surface area contributed by atoms with Crippen LogP contribution in [0.5, 0.6) is 0 Å². The number of aryl methyl sites for hydroxylation is 2. The van der Waals surface area contributed by atoms with Crippen molar-refractivity contribution in [3.63, 3.8) is 0 Å². The smallest absolute Gasteiger partial charge is 0.240 e. The summed E-state index contributed by atoms with van der Waals surface area (Å²) >= 11 is 0. The van der Waals surface area contributed by atoms with Crippen LogP contribution in [0.2, 0.25) is 0 Å². The summed E-state index contributed by atoms with van der Waals surface area (Å²) in [6.45, 7) is 7.61. The minimum Gasteiger partial charge on any atom is -0.378 e. The highest BCUT2D eigenvalue weighted by molar-refractivity contribution is 7.89. The molecule has 6 nitrogen and oxygen atoms in total. The van der Waals surface area contributed by atoms with Gasteiger partial charge < -0.3 is 9.80 Å². The summed E-state index contributed by atoms with van der Waals surface area (Å²) in [7, 11) is 0.417. The Balaban J connectivity index is 1.54. The maximum atomic E-state index is 13.3. The number of nitrogens with zero attached hydrogens (tertiary/aromatic N) is 3. The minimum absolute atomic E-state index is 0.0518. The predicted octanol–water partition coefficient (Wildman–Crippen LogP) is 4.21. The standard InChI is InChI=1S/C28H36N4O2S/c1-22-10-11-23(2)28(20-22)35(33,34)29-21-27(24-12-14-25(15-13-24)30(3)4)32-18-16-31(17-19-32)26-8-6-5-7-9-26/h5-15,20,27,29H,16-19,21H2,1-4H3/t27-/m1/s1. The second-order valence-electron chi connectivity index (χ2n) is 9.48. The quantitative estimate of drug-likeness (QED) is 0.511. The Morgan fingerprint density at radius 3 is 2.17 bits per heavy atom. The van der Waals surface area contributed by atoms with Crippen LogP contribution in [0.3, 0.4) is 0 Å². The molecule has 1 saturated heterocycles. The van der Waals surface area contributed by atoms with Gasteiger partial charge in [-0.1, -0.05) is 42.5 Å². The van der Waals surface area contributed by atoms with Crippen LogP contribution < -0.4 is 14.5 Å². The zero-order chi connectivity index (χ0) is 25.0. The van der Waals surface area contributed by atoms with Crippen molar-refractivity contribution >= 4 is 21.4 Å². The number of nitrogens with one attached hydrogen (secondary N) is 1. The number of sulfonamides is 1. The molecule has 0 unspecified atom stereocenters.